The minimum absolute atomic E-state index is 0.0658. The molecular formula is C13H26N2O2. The van der Waals surface area contributed by atoms with Crippen molar-refractivity contribution in [3.63, 3.8) is 0 Å². The Balaban J connectivity index is 2.36. The minimum atomic E-state index is -0.105. The second kappa shape index (κ2) is 6.36. The van der Waals surface area contributed by atoms with Gasteiger partial charge >= 0.3 is 0 Å². The number of nitrogens with two attached hydrogens (primary N) is 1. The van der Waals surface area contributed by atoms with Crippen LogP contribution in [0.5, 0.6) is 0 Å². The van der Waals surface area contributed by atoms with Crippen molar-refractivity contribution >= 4 is 5.91 Å². The monoisotopic (exact) mass is 242 g/mol. The topological polar surface area (TPSA) is 64.3 Å². The molecular weight excluding hydrogens is 216 g/mol. The van der Waals surface area contributed by atoms with Crippen molar-refractivity contribution in [3.05, 3.63) is 0 Å². The standard InChI is InChI=1S/C13H26N2O2/c1-10(2)7-11(8-14)12(16)15-9-13(17-3)5-4-6-13/h10-11H,4-9,14H2,1-3H3,(H,15,16). The molecule has 17 heavy (non-hydrogen) atoms. The van der Waals surface area contributed by atoms with Crippen LogP contribution in [0.25, 0.3) is 0 Å². The number of carbonyl (C=O) groups is 1. The molecule has 4 nitrogen and oxygen atoms in total. The molecule has 1 saturated carbocycles. The van der Waals surface area contributed by atoms with Crippen LogP contribution in [0.3, 0.4) is 0 Å². The second-order valence-corrected chi connectivity index (χ2v) is 5.52. The van der Waals surface area contributed by atoms with Crippen LogP contribution in [-0.2, 0) is 9.53 Å². The van der Waals surface area contributed by atoms with Gasteiger partial charge in [-0.1, -0.05) is 13.8 Å². The van der Waals surface area contributed by atoms with Crippen LogP contribution in [-0.4, -0.2) is 31.7 Å². The summed E-state index contributed by atoms with van der Waals surface area (Å²) >= 11 is 0. The first-order chi connectivity index (χ1) is 8.03. The molecule has 0 radical (unpaired) electrons. The lowest BCUT2D eigenvalue weighted by atomic mass is 9.80. The van der Waals surface area contributed by atoms with Gasteiger partial charge in [0.2, 0.25) is 5.91 Å². The number of methoxy groups -OCH3 is 1. The molecule has 3 N–H and O–H groups in total. The molecule has 1 fully saturated rings. The Kier molecular flexibility index (Phi) is 5.40. The number of hydrogen-bond acceptors (Lipinski definition) is 3. The normalized spacial score (nSPS) is 19.8. The molecule has 0 heterocycles. The number of hydrogen-bond donors (Lipinski definition) is 2. The summed E-state index contributed by atoms with van der Waals surface area (Å²) in [6.07, 6.45) is 4.13. The molecule has 0 bridgehead atoms. The fourth-order valence-electron chi connectivity index (χ4n) is 2.30. The summed E-state index contributed by atoms with van der Waals surface area (Å²) in [6, 6.07) is 0. The van der Waals surface area contributed by atoms with E-state index in [1.807, 2.05) is 0 Å². The van der Waals surface area contributed by atoms with E-state index in [0.717, 1.165) is 19.3 Å². The molecule has 0 aliphatic heterocycles. The van der Waals surface area contributed by atoms with Crippen molar-refractivity contribution in [1.29, 1.82) is 0 Å². The highest BCUT2D eigenvalue weighted by Gasteiger charge is 2.37. The van der Waals surface area contributed by atoms with Gasteiger partial charge in [0.05, 0.1) is 11.5 Å². The molecule has 1 unspecified atom stereocenters. The first kappa shape index (κ1) is 14.5. The second-order valence-electron chi connectivity index (χ2n) is 5.52. The van der Waals surface area contributed by atoms with E-state index in [9.17, 15) is 4.79 Å². The van der Waals surface area contributed by atoms with E-state index in [0.29, 0.717) is 19.0 Å². The average Bonchev–Trinajstić information content (AvgIpc) is 2.24. The van der Waals surface area contributed by atoms with Crippen LogP contribution in [0.4, 0.5) is 0 Å². The summed E-state index contributed by atoms with van der Waals surface area (Å²) in [7, 11) is 1.72. The van der Waals surface area contributed by atoms with Crippen molar-refractivity contribution in [1.82, 2.24) is 5.32 Å². The number of ether oxygens (including phenoxy) is 1. The van der Waals surface area contributed by atoms with Gasteiger partial charge in [0.25, 0.3) is 0 Å². The highest BCUT2D eigenvalue weighted by atomic mass is 16.5. The molecule has 1 aliphatic carbocycles. The van der Waals surface area contributed by atoms with Gasteiger partial charge in [-0.15, -0.1) is 0 Å². The Bertz CT molecular complexity index is 244. The van der Waals surface area contributed by atoms with Gasteiger partial charge in [-0.3, -0.25) is 4.79 Å². The van der Waals surface area contributed by atoms with Gasteiger partial charge in [-0.2, -0.15) is 0 Å². The van der Waals surface area contributed by atoms with Crippen molar-refractivity contribution in [3.8, 4) is 0 Å². The molecule has 1 aliphatic rings. The molecule has 4 heteroatoms. The average molecular weight is 242 g/mol. The van der Waals surface area contributed by atoms with Gasteiger partial charge in [0, 0.05) is 20.2 Å². The summed E-state index contributed by atoms with van der Waals surface area (Å²) in [4.78, 5) is 12.0. The van der Waals surface area contributed by atoms with E-state index in [1.54, 1.807) is 7.11 Å². The van der Waals surface area contributed by atoms with Crippen molar-refractivity contribution < 1.29 is 9.53 Å². The number of rotatable bonds is 7. The van der Waals surface area contributed by atoms with Gasteiger partial charge in [-0.25, -0.2) is 0 Å². The Morgan fingerprint density at radius 3 is 2.47 bits per heavy atom. The van der Waals surface area contributed by atoms with Crippen molar-refractivity contribution in [2.45, 2.75) is 45.1 Å². The first-order valence-electron chi connectivity index (χ1n) is 6.56. The van der Waals surface area contributed by atoms with E-state index in [2.05, 4.69) is 19.2 Å². The Hall–Kier alpha value is -0.610. The Morgan fingerprint density at radius 2 is 2.12 bits per heavy atom. The SMILES string of the molecule is COC1(CNC(=O)C(CN)CC(C)C)CCC1. The van der Waals surface area contributed by atoms with Crippen molar-refractivity contribution in [2.24, 2.45) is 17.6 Å². The molecule has 0 spiro atoms. The number of amides is 1. The molecule has 0 saturated heterocycles. The lowest BCUT2D eigenvalue weighted by Crippen LogP contribution is -2.51. The third-order valence-corrected chi connectivity index (χ3v) is 3.69. The Morgan fingerprint density at radius 1 is 1.47 bits per heavy atom. The summed E-state index contributed by atoms with van der Waals surface area (Å²) < 4.78 is 5.47. The predicted octanol–water partition coefficient (Wildman–Crippen LogP) is 1.29. The van der Waals surface area contributed by atoms with Crippen LogP contribution in [0.15, 0.2) is 0 Å². The molecule has 0 aromatic heterocycles. The maximum atomic E-state index is 12.0. The summed E-state index contributed by atoms with van der Waals surface area (Å²) in [6.45, 7) is 5.26. The first-order valence-corrected chi connectivity index (χ1v) is 6.56. The van der Waals surface area contributed by atoms with E-state index in [1.165, 1.54) is 6.42 Å². The zero-order valence-corrected chi connectivity index (χ0v) is 11.3. The molecule has 100 valence electrons. The van der Waals surface area contributed by atoms with E-state index < -0.39 is 0 Å². The van der Waals surface area contributed by atoms with E-state index in [-0.39, 0.29) is 17.4 Å². The maximum absolute atomic E-state index is 12.0. The van der Waals surface area contributed by atoms with E-state index >= 15 is 0 Å². The zero-order valence-electron chi connectivity index (χ0n) is 11.3. The lowest BCUT2D eigenvalue weighted by Gasteiger charge is -2.40. The Labute approximate surface area is 104 Å². The maximum Gasteiger partial charge on any atom is 0.224 e. The molecule has 0 aromatic rings. The van der Waals surface area contributed by atoms with Gasteiger partial charge < -0.3 is 15.8 Å². The third-order valence-electron chi connectivity index (χ3n) is 3.69. The third kappa shape index (κ3) is 3.96. The van der Waals surface area contributed by atoms with Crippen LogP contribution in [0.1, 0.15) is 39.5 Å². The zero-order chi connectivity index (χ0) is 12.9. The summed E-state index contributed by atoms with van der Waals surface area (Å²) in [5.41, 5.74) is 5.54. The molecule has 1 rings (SSSR count). The molecule has 1 amide bonds. The fourth-order valence-corrected chi connectivity index (χ4v) is 2.30. The highest BCUT2D eigenvalue weighted by molar-refractivity contribution is 5.78. The van der Waals surface area contributed by atoms with Crippen LogP contribution < -0.4 is 11.1 Å². The minimum Gasteiger partial charge on any atom is -0.376 e. The fraction of sp³-hybridized carbons (Fsp3) is 0.923. The quantitative estimate of drug-likeness (QED) is 0.707. The van der Waals surface area contributed by atoms with Gasteiger partial charge in [-0.05, 0) is 31.6 Å². The van der Waals surface area contributed by atoms with Crippen LogP contribution >= 0.6 is 0 Å². The van der Waals surface area contributed by atoms with Crippen molar-refractivity contribution in [2.75, 3.05) is 20.2 Å². The van der Waals surface area contributed by atoms with Gasteiger partial charge in [0.1, 0.15) is 0 Å². The smallest absolute Gasteiger partial charge is 0.224 e. The number of carbonyl (C=O) groups excluding carboxylic acids is 1. The highest BCUT2D eigenvalue weighted by Crippen LogP contribution is 2.34. The van der Waals surface area contributed by atoms with Crippen LogP contribution in [0.2, 0.25) is 0 Å². The summed E-state index contributed by atoms with van der Waals surface area (Å²) in [5, 5.41) is 2.99. The lowest BCUT2D eigenvalue weighted by molar-refractivity contribution is -0.128. The molecule has 0 aromatic carbocycles. The molecule has 1 atom stereocenters. The largest absolute Gasteiger partial charge is 0.376 e. The van der Waals surface area contributed by atoms with Crippen LogP contribution in [0, 0.1) is 11.8 Å². The predicted molar refractivity (Wildman–Crippen MR) is 68.6 cm³/mol. The van der Waals surface area contributed by atoms with Gasteiger partial charge in [0.15, 0.2) is 0 Å². The number of nitrogens with one attached hydrogen (secondary N) is 1. The summed E-state index contributed by atoms with van der Waals surface area (Å²) in [5.74, 6) is 0.503. The van der Waals surface area contributed by atoms with E-state index in [4.69, 9.17) is 10.5 Å².